The molecule has 0 aliphatic carbocycles. The SMILES string of the molecule is COc1cc2nc(F)nc(NNc3cccc(Br)c3)c2cc1OC. The van der Waals surface area contributed by atoms with Gasteiger partial charge in [-0.2, -0.15) is 9.37 Å². The maximum atomic E-state index is 13.7. The summed E-state index contributed by atoms with van der Waals surface area (Å²) in [5.74, 6) is 1.26. The molecule has 0 saturated carbocycles. The standard InChI is InChI=1S/C16H14BrFN4O2/c1-23-13-7-11-12(8-14(13)24-2)19-16(18)20-15(11)22-21-10-5-3-4-9(17)6-10/h3-8,21H,1-2H3,(H,19,20,22). The van der Waals surface area contributed by atoms with Crippen LogP contribution < -0.4 is 20.3 Å². The third-order valence-corrected chi connectivity index (χ3v) is 3.82. The Labute approximate surface area is 146 Å². The number of fused-ring (bicyclic) bond motifs is 1. The first-order valence-corrected chi connectivity index (χ1v) is 7.77. The van der Waals surface area contributed by atoms with E-state index in [1.807, 2.05) is 24.3 Å². The van der Waals surface area contributed by atoms with Crippen LogP contribution in [0.25, 0.3) is 10.9 Å². The molecule has 0 fully saturated rings. The molecule has 24 heavy (non-hydrogen) atoms. The monoisotopic (exact) mass is 392 g/mol. The number of hydrogen-bond acceptors (Lipinski definition) is 6. The van der Waals surface area contributed by atoms with Crippen LogP contribution in [0.5, 0.6) is 11.5 Å². The highest BCUT2D eigenvalue weighted by atomic mass is 79.9. The Morgan fingerprint density at radius 1 is 1.00 bits per heavy atom. The van der Waals surface area contributed by atoms with Gasteiger partial charge in [-0.1, -0.05) is 22.0 Å². The summed E-state index contributed by atoms with van der Waals surface area (Å²) in [6, 6.07) is 10.8. The zero-order chi connectivity index (χ0) is 17.1. The molecule has 2 aromatic carbocycles. The molecule has 3 rings (SSSR count). The molecule has 3 aromatic rings. The molecule has 0 aliphatic heterocycles. The fourth-order valence-corrected chi connectivity index (χ4v) is 2.62. The van der Waals surface area contributed by atoms with E-state index in [9.17, 15) is 4.39 Å². The summed E-state index contributed by atoms with van der Waals surface area (Å²) in [6.07, 6.45) is -0.840. The fourth-order valence-electron chi connectivity index (χ4n) is 2.22. The minimum atomic E-state index is -0.840. The lowest BCUT2D eigenvalue weighted by molar-refractivity contribution is 0.355. The number of ether oxygens (including phenoxy) is 2. The van der Waals surface area contributed by atoms with Gasteiger partial charge in [-0.15, -0.1) is 0 Å². The van der Waals surface area contributed by atoms with Gasteiger partial charge in [0.25, 0.3) is 0 Å². The van der Waals surface area contributed by atoms with Crippen LogP contribution in [0.2, 0.25) is 0 Å². The predicted molar refractivity (Wildman–Crippen MR) is 94.0 cm³/mol. The number of benzene rings is 2. The van der Waals surface area contributed by atoms with Crippen LogP contribution in [0.15, 0.2) is 40.9 Å². The van der Waals surface area contributed by atoms with Crippen LogP contribution >= 0.6 is 15.9 Å². The summed E-state index contributed by atoms with van der Waals surface area (Å²) in [6.45, 7) is 0. The van der Waals surface area contributed by atoms with E-state index in [1.54, 1.807) is 12.1 Å². The average Bonchev–Trinajstić information content (AvgIpc) is 2.58. The Morgan fingerprint density at radius 2 is 1.75 bits per heavy atom. The molecule has 0 amide bonds. The van der Waals surface area contributed by atoms with E-state index in [2.05, 4.69) is 36.7 Å². The summed E-state index contributed by atoms with van der Waals surface area (Å²) >= 11 is 3.39. The smallest absolute Gasteiger partial charge is 0.311 e. The van der Waals surface area contributed by atoms with Gasteiger partial charge in [-0.25, -0.2) is 4.98 Å². The van der Waals surface area contributed by atoms with Crippen molar-refractivity contribution in [1.29, 1.82) is 0 Å². The molecule has 0 atom stereocenters. The van der Waals surface area contributed by atoms with Crippen molar-refractivity contribution >= 4 is 38.3 Å². The van der Waals surface area contributed by atoms with Crippen molar-refractivity contribution in [3.8, 4) is 11.5 Å². The Hall–Kier alpha value is -2.61. The lowest BCUT2D eigenvalue weighted by Crippen LogP contribution is -2.12. The van der Waals surface area contributed by atoms with E-state index < -0.39 is 6.08 Å². The average molecular weight is 393 g/mol. The normalized spacial score (nSPS) is 10.5. The second-order valence-electron chi connectivity index (χ2n) is 4.83. The minimum Gasteiger partial charge on any atom is -0.493 e. The molecule has 2 N–H and O–H groups in total. The van der Waals surface area contributed by atoms with Crippen LogP contribution in [0.3, 0.4) is 0 Å². The van der Waals surface area contributed by atoms with Gasteiger partial charge in [-0.3, -0.25) is 10.9 Å². The van der Waals surface area contributed by atoms with Gasteiger partial charge in [0.15, 0.2) is 17.3 Å². The first-order valence-electron chi connectivity index (χ1n) is 6.97. The summed E-state index contributed by atoms with van der Waals surface area (Å²) in [5.41, 5.74) is 7.07. The molecular weight excluding hydrogens is 379 g/mol. The molecule has 1 heterocycles. The van der Waals surface area contributed by atoms with E-state index in [4.69, 9.17) is 9.47 Å². The van der Waals surface area contributed by atoms with E-state index in [0.717, 1.165) is 10.2 Å². The van der Waals surface area contributed by atoms with Crippen molar-refractivity contribution in [2.45, 2.75) is 0 Å². The van der Waals surface area contributed by atoms with Gasteiger partial charge in [0, 0.05) is 15.9 Å². The molecule has 6 nitrogen and oxygen atoms in total. The molecule has 1 aromatic heterocycles. The van der Waals surface area contributed by atoms with Crippen LogP contribution in [-0.4, -0.2) is 24.2 Å². The number of hydrogen-bond donors (Lipinski definition) is 2. The van der Waals surface area contributed by atoms with Crippen LogP contribution in [0, 0.1) is 6.08 Å². The first-order chi connectivity index (χ1) is 11.6. The van der Waals surface area contributed by atoms with Gasteiger partial charge in [0.2, 0.25) is 0 Å². The molecule has 0 aliphatic rings. The van der Waals surface area contributed by atoms with Crippen LogP contribution in [-0.2, 0) is 0 Å². The largest absolute Gasteiger partial charge is 0.493 e. The van der Waals surface area contributed by atoms with Crippen molar-refractivity contribution in [3.63, 3.8) is 0 Å². The highest BCUT2D eigenvalue weighted by Gasteiger charge is 2.13. The van der Waals surface area contributed by atoms with Gasteiger partial charge in [-0.05, 0) is 24.3 Å². The fraction of sp³-hybridized carbons (Fsp3) is 0.125. The molecule has 124 valence electrons. The second kappa shape index (κ2) is 6.88. The summed E-state index contributed by atoms with van der Waals surface area (Å²) < 4.78 is 25.1. The summed E-state index contributed by atoms with van der Waals surface area (Å²) in [7, 11) is 3.04. The Bertz CT molecular complexity index is 891. The molecule has 0 bridgehead atoms. The number of halogens is 2. The molecule has 0 spiro atoms. The maximum absolute atomic E-state index is 13.7. The van der Waals surface area contributed by atoms with Crippen LogP contribution in [0.1, 0.15) is 0 Å². The number of rotatable bonds is 5. The number of anilines is 2. The van der Waals surface area contributed by atoms with E-state index in [0.29, 0.717) is 28.2 Å². The molecule has 0 radical (unpaired) electrons. The molecule has 8 heteroatoms. The highest BCUT2D eigenvalue weighted by Crippen LogP contribution is 2.34. The molecular formula is C16H14BrFN4O2. The minimum absolute atomic E-state index is 0.290. The van der Waals surface area contributed by atoms with Crippen molar-refractivity contribution in [3.05, 3.63) is 46.9 Å². The maximum Gasteiger partial charge on any atom is 0.311 e. The number of nitrogens with zero attached hydrogens (tertiary/aromatic N) is 2. The second-order valence-corrected chi connectivity index (χ2v) is 5.74. The highest BCUT2D eigenvalue weighted by molar-refractivity contribution is 9.10. The van der Waals surface area contributed by atoms with Gasteiger partial charge >= 0.3 is 6.08 Å². The van der Waals surface area contributed by atoms with Gasteiger partial charge in [0.1, 0.15) is 0 Å². The number of nitrogens with one attached hydrogen (secondary N) is 2. The lowest BCUT2D eigenvalue weighted by atomic mass is 10.2. The number of methoxy groups -OCH3 is 2. The van der Waals surface area contributed by atoms with Gasteiger partial charge < -0.3 is 9.47 Å². The Morgan fingerprint density at radius 3 is 2.46 bits per heavy atom. The van der Waals surface area contributed by atoms with Crippen molar-refractivity contribution in [1.82, 2.24) is 9.97 Å². The Balaban J connectivity index is 2.00. The van der Waals surface area contributed by atoms with Crippen molar-refractivity contribution in [2.75, 3.05) is 25.1 Å². The van der Waals surface area contributed by atoms with Crippen molar-refractivity contribution < 1.29 is 13.9 Å². The van der Waals surface area contributed by atoms with Crippen molar-refractivity contribution in [2.24, 2.45) is 0 Å². The number of aromatic nitrogens is 2. The van der Waals surface area contributed by atoms with Gasteiger partial charge in [0.05, 0.1) is 25.4 Å². The van der Waals surface area contributed by atoms with E-state index >= 15 is 0 Å². The lowest BCUT2D eigenvalue weighted by Gasteiger charge is -2.13. The predicted octanol–water partition coefficient (Wildman–Crippen LogP) is 3.99. The topological polar surface area (TPSA) is 68.3 Å². The zero-order valence-corrected chi connectivity index (χ0v) is 14.5. The Kier molecular flexibility index (Phi) is 4.66. The summed E-state index contributed by atoms with van der Waals surface area (Å²) in [5, 5.41) is 0.594. The molecule has 0 unspecified atom stereocenters. The van der Waals surface area contributed by atoms with Crippen LogP contribution in [0.4, 0.5) is 15.9 Å². The first kappa shape index (κ1) is 16.3. The quantitative estimate of drug-likeness (QED) is 0.505. The summed E-state index contributed by atoms with van der Waals surface area (Å²) in [4.78, 5) is 7.61. The third kappa shape index (κ3) is 3.33. The zero-order valence-electron chi connectivity index (χ0n) is 12.9. The molecule has 0 saturated heterocycles. The van der Waals surface area contributed by atoms with E-state index in [1.165, 1.54) is 14.2 Å². The third-order valence-electron chi connectivity index (χ3n) is 3.32. The van der Waals surface area contributed by atoms with E-state index in [-0.39, 0.29) is 0 Å². The number of hydrazine groups is 1.